The molecular weight excluding hydrogens is 334 g/mol. The van der Waals surface area contributed by atoms with Gasteiger partial charge >= 0.3 is 0 Å². The Bertz CT molecular complexity index is 586. The van der Waals surface area contributed by atoms with Crippen LogP contribution in [0, 0.1) is 0 Å². The standard InChI is InChI=1S/C13H11BrClNOS/c14-10-3-6-12(16)13(7-10)18(17)8-9-1-4-11(15)5-2-9/h1-7H,8,16H2. The van der Waals surface area contributed by atoms with E-state index >= 15 is 0 Å². The quantitative estimate of drug-likeness (QED) is 0.855. The molecule has 0 radical (unpaired) electrons. The van der Waals surface area contributed by atoms with Crippen LogP contribution in [0.4, 0.5) is 5.69 Å². The Labute approximate surface area is 122 Å². The first-order valence-electron chi connectivity index (χ1n) is 5.24. The fraction of sp³-hybridized carbons (Fsp3) is 0.0769. The molecule has 2 rings (SSSR count). The highest BCUT2D eigenvalue weighted by atomic mass is 79.9. The monoisotopic (exact) mass is 343 g/mol. The molecule has 0 aliphatic carbocycles. The molecule has 0 amide bonds. The SMILES string of the molecule is Nc1ccc(Br)cc1S(=O)Cc1ccc(Cl)cc1. The smallest absolute Gasteiger partial charge is 0.0632 e. The molecule has 0 saturated carbocycles. The van der Waals surface area contributed by atoms with Crippen LogP contribution in [0.1, 0.15) is 5.56 Å². The maximum absolute atomic E-state index is 12.2. The van der Waals surface area contributed by atoms with Crippen LogP contribution in [0.15, 0.2) is 51.8 Å². The second kappa shape index (κ2) is 5.87. The molecule has 1 atom stereocenters. The summed E-state index contributed by atoms with van der Waals surface area (Å²) < 4.78 is 13.1. The Hall–Kier alpha value is -0.840. The number of nitrogen functional groups attached to an aromatic ring is 1. The maximum Gasteiger partial charge on any atom is 0.0632 e. The van der Waals surface area contributed by atoms with Crippen LogP contribution in [-0.2, 0) is 16.6 Å². The van der Waals surface area contributed by atoms with E-state index in [1.54, 1.807) is 24.3 Å². The van der Waals surface area contributed by atoms with Crippen LogP contribution in [-0.4, -0.2) is 4.21 Å². The Kier molecular flexibility index (Phi) is 4.43. The van der Waals surface area contributed by atoms with Gasteiger partial charge in [-0.05, 0) is 35.9 Å². The van der Waals surface area contributed by atoms with Gasteiger partial charge in [0.25, 0.3) is 0 Å². The lowest BCUT2D eigenvalue weighted by atomic mass is 10.2. The van der Waals surface area contributed by atoms with Crippen molar-refractivity contribution in [3.8, 4) is 0 Å². The molecule has 2 aromatic carbocycles. The summed E-state index contributed by atoms with van der Waals surface area (Å²) in [4.78, 5) is 0.652. The lowest BCUT2D eigenvalue weighted by Gasteiger charge is -2.06. The summed E-state index contributed by atoms with van der Waals surface area (Å²) in [6, 6.07) is 12.7. The number of hydrogen-bond acceptors (Lipinski definition) is 2. The van der Waals surface area contributed by atoms with E-state index in [9.17, 15) is 4.21 Å². The third kappa shape index (κ3) is 3.34. The van der Waals surface area contributed by atoms with Crippen molar-refractivity contribution in [3.05, 3.63) is 57.5 Å². The highest BCUT2D eigenvalue weighted by molar-refractivity contribution is 9.10. The van der Waals surface area contributed by atoms with Crippen molar-refractivity contribution >= 4 is 44.0 Å². The van der Waals surface area contributed by atoms with Crippen LogP contribution in [0.3, 0.4) is 0 Å². The van der Waals surface area contributed by atoms with Crippen molar-refractivity contribution in [1.82, 2.24) is 0 Å². The van der Waals surface area contributed by atoms with Gasteiger partial charge < -0.3 is 5.73 Å². The minimum Gasteiger partial charge on any atom is -0.398 e. The van der Waals surface area contributed by atoms with Crippen LogP contribution in [0.5, 0.6) is 0 Å². The van der Waals surface area contributed by atoms with E-state index in [1.165, 1.54) is 0 Å². The Morgan fingerprint density at radius 1 is 1.17 bits per heavy atom. The van der Waals surface area contributed by atoms with Crippen molar-refractivity contribution in [2.24, 2.45) is 0 Å². The van der Waals surface area contributed by atoms with Crippen LogP contribution >= 0.6 is 27.5 Å². The Balaban J connectivity index is 2.21. The maximum atomic E-state index is 12.2. The van der Waals surface area contributed by atoms with Crippen molar-refractivity contribution in [2.45, 2.75) is 10.6 Å². The summed E-state index contributed by atoms with van der Waals surface area (Å²) in [6.07, 6.45) is 0. The molecule has 1 unspecified atom stereocenters. The topological polar surface area (TPSA) is 43.1 Å². The van der Waals surface area contributed by atoms with E-state index in [-0.39, 0.29) is 0 Å². The summed E-state index contributed by atoms with van der Waals surface area (Å²) in [5, 5.41) is 0.673. The lowest BCUT2D eigenvalue weighted by molar-refractivity contribution is 0.683. The highest BCUT2D eigenvalue weighted by Gasteiger charge is 2.09. The van der Waals surface area contributed by atoms with Crippen LogP contribution < -0.4 is 5.73 Å². The van der Waals surface area contributed by atoms with E-state index < -0.39 is 10.8 Å². The number of nitrogens with two attached hydrogens (primary N) is 1. The van der Waals surface area contributed by atoms with Gasteiger partial charge in [-0.15, -0.1) is 0 Å². The van der Waals surface area contributed by atoms with Crippen molar-refractivity contribution < 1.29 is 4.21 Å². The minimum atomic E-state index is -1.16. The molecule has 0 bridgehead atoms. The average molecular weight is 345 g/mol. The molecule has 0 fully saturated rings. The molecule has 0 aliphatic heterocycles. The number of anilines is 1. The van der Waals surface area contributed by atoms with Crippen LogP contribution in [0.2, 0.25) is 5.02 Å². The molecule has 0 aliphatic rings. The average Bonchev–Trinajstić information content (AvgIpc) is 2.35. The van der Waals surface area contributed by atoms with E-state index in [4.69, 9.17) is 17.3 Å². The molecule has 94 valence electrons. The first-order valence-corrected chi connectivity index (χ1v) is 7.73. The number of halogens is 2. The van der Waals surface area contributed by atoms with Gasteiger partial charge in [0.1, 0.15) is 0 Å². The van der Waals surface area contributed by atoms with Crippen molar-refractivity contribution in [2.75, 3.05) is 5.73 Å². The van der Waals surface area contributed by atoms with E-state index in [1.807, 2.05) is 18.2 Å². The van der Waals surface area contributed by atoms with Gasteiger partial charge in [0.15, 0.2) is 0 Å². The molecule has 2 aromatic rings. The molecule has 0 aromatic heterocycles. The first kappa shape index (κ1) is 13.6. The third-order valence-corrected chi connectivity index (χ3v) is 4.62. The summed E-state index contributed by atoms with van der Waals surface area (Å²) >= 11 is 9.16. The van der Waals surface area contributed by atoms with Crippen LogP contribution in [0.25, 0.3) is 0 Å². The zero-order chi connectivity index (χ0) is 13.1. The minimum absolute atomic E-state index is 0.428. The Morgan fingerprint density at radius 3 is 2.50 bits per heavy atom. The fourth-order valence-electron chi connectivity index (χ4n) is 1.52. The van der Waals surface area contributed by atoms with Gasteiger partial charge in [-0.3, -0.25) is 4.21 Å². The Morgan fingerprint density at radius 2 is 1.83 bits per heavy atom. The summed E-state index contributed by atoms with van der Waals surface area (Å²) in [7, 11) is -1.16. The first-order chi connectivity index (χ1) is 8.56. The van der Waals surface area contributed by atoms with Gasteiger partial charge in [-0.1, -0.05) is 39.7 Å². The molecule has 0 heterocycles. The largest absolute Gasteiger partial charge is 0.398 e. The normalized spacial score (nSPS) is 12.3. The van der Waals surface area contributed by atoms with Crippen molar-refractivity contribution in [3.63, 3.8) is 0 Å². The number of hydrogen-bond donors (Lipinski definition) is 1. The molecule has 18 heavy (non-hydrogen) atoms. The second-order valence-corrected chi connectivity index (χ2v) is 6.57. The molecular formula is C13H11BrClNOS. The second-order valence-electron chi connectivity index (χ2n) is 3.80. The third-order valence-electron chi connectivity index (χ3n) is 2.43. The molecule has 2 N–H and O–H groups in total. The fourth-order valence-corrected chi connectivity index (χ4v) is 3.39. The van der Waals surface area contributed by atoms with E-state index in [2.05, 4.69) is 15.9 Å². The van der Waals surface area contributed by atoms with Gasteiger partial charge in [-0.25, -0.2) is 0 Å². The van der Waals surface area contributed by atoms with Gasteiger partial charge in [0.2, 0.25) is 0 Å². The number of rotatable bonds is 3. The summed E-state index contributed by atoms with van der Waals surface area (Å²) in [6.45, 7) is 0. The van der Waals surface area contributed by atoms with Gasteiger partial charge in [-0.2, -0.15) is 0 Å². The molecule has 0 saturated heterocycles. The summed E-state index contributed by atoms with van der Waals surface area (Å²) in [5.74, 6) is 0.428. The zero-order valence-electron chi connectivity index (χ0n) is 9.40. The summed E-state index contributed by atoms with van der Waals surface area (Å²) in [5.41, 5.74) is 7.35. The van der Waals surface area contributed by atoms with E-state index in [0.717, 1.165) is 10.0 Å². The van der Waals surface area contributed by atoms with Gasteiger partial charge in [0, 0.05) is 15.2 Å². The van der Waals surface area contributed by atoms with E-state index in [0.29, 0.717) is 21.4 Å². The highest BCUT2D eigenvalue weighted by Crippen LogP contribution is 2.23. The predicted molar refractivity (Wildman–Crippen MR) is 80.1 cm³/mol. The van der Waals surface area contributed by atoms with Crippen molar-refractivity contribution in [1.29, 1.82) is 0 Å². The molecule has 2 nitrogen and oxygen atoms in total. The lowest BCUT2D eigenvalue weighted by Crippen LogP contribution is -2.00. The zero-order valence-corrected chi connectivity index (χ0v) is 12.6. The molecule has 0 spiro atoms. The number of benzene rings is 2. The predicted octanol–water partition coefficient (Wildman–Crippen LogP) is 3.99. The molecule has 5 heteroatoms. The van der Waals surface area contributed by atoms with Gasteiger partial charge in [0.05, 0.1) is 21.4 Å².